The Morgan fingerprint density at radius 1 is 1.37 bits per heavy atom. The molecule has 1 aliphatic rings. The number of aliphatic imine (C=N–C) groups is 1. The van der Waals surface area contributed by atoms with Crippen LogP contribution in [0.25, 0.3) is 0 Å². The lowest BCUT2D eigenvalue weighted by Gasteiger charge is -2.21. The summed E-state index contributed by atoms with van der Waals surface area (Å²) in [6, 6.07) is 4.06. The highest BCUT2D eigenvalue weighted by Crippen LogP contribution is 2.26. The number of aromatic nitrogens is 1. The van der Waals surface area contributed by atoms with Crippen molar-refractivity contribution in [2.75, 3.05) is 31.6 Å². The van der Waals surface area contributed by atoms with Crippen LogP contribution in [0.2, 0.25) is 0 Å². The van der Waals surface area contributed by atoms with Crippen LogP contribution in [0.5, 0.6) is 0 Å². The average molecular weight is 394 g/mol. The molecule has 0 saturated carbocycles. The van der Waals surface area contributed by atoms with E-state index in [0.717, 1.165) is 36.5 Å². The number of nitrogens with zero attached hydrogens (tertiary/aromatic N) is 3. The van der Waals surface area contributed by atoms with Gasteiger partial charge in [0.05, 0.1) is 10.7 Å². The number of rotatable bonds is 6. The lowest BCUT2D eigenvalue weighted by atomic mass is 10.2. The van der Waals surface area contributed by atoms with E-state index in [4.69, 9.17) is 0 Å². The zero-order chi connectivity index (χ0) is 19.2. The fourth-order valence-corrected chi connectivity index (χ4v) is 3.97. The minimum Gasteiger partial charge on any atom is -0.365 e. The number of guanidine groups is 1. The Morgan fingerprint density at radius 2 is 2.15 bits per heavy atom. The van der Waals surface area contributed by atoms with E-state index in [0.29, 0.717) is 19.0 Å². The van der Waals surface area contributed by atoms with Gasteiger partial charge in [0.15, 0.2) is 5.96 Å². The van der Waals surface area contributed by atoms with Crippen molar-refractivity contribution in [1.29, 1.82) is 0 Å². The van der Waals surface area contributed by atoms with Gasteiger partial charge in [-0.1, -0.05) is 13.0 Å². The van der Waals surface area contributed by atoms with E-state index in [1.165, 1.54) is 18.2 Å². The molecule has 1 aromatic heterocycles. The first-order valence-corrected chi connectivity index (χ1v) is 10.1. The van der Waals surface area contributed by atoms with Crippen molar-refractivity contribution in [3.05, 3.63) is 45.9 Å². The van der Waals surface area contributed by atoms with Gasteiger partial charge in [0.1, 0.15) is 17.3 Å². The second kappa shape index (κ2) is 9.12. The summed E-state index contributed by atoms with van der Waals surface area (Å²) in [5, 5.41) is 9.87. The molecule has 1 fully saturated rings. The Morgan fingerprint density at radius 3 is 2.81 bits per heavy atom. The van der Waals surface area contributed by atoms with Crippen LogP contribution in [-0.4, -0.2) is 43.7 Å². The number of nitrogens with one attached hydrogen (secondary N) is 2. The van der Waals surface area contributed by atoms with Gasteiger partial charge in [-0.3, -0.25) is 4.99 Å². The molecule has 0 amide bonds. The van der Waals surface area contributed by atoms with E-state index in [2.05, 4.69) is 32.9 Å². The van der Waals surface area contributed by atoms with Crippen LogP contribution in [0.3, 0.4) is 0 Å². The highest BCUT2D eigenvalue weighted by molar-refractivity contribution is 7.09. The van der Waals surface area contributed by atoms with Gasteiger partial charge < -0.3 is 15.5 Å². The van der Waals surface area contributed by atoms with Crippen molar-refractivity contribution in [3.8, 4) is 0 Å². The maximum Gasteiger partial charge on any atom is 0.191 e. The summed E-state index contributed by atoms with van der Waals surface area (Å²) < 4.78 is 27.9. The summed E-state index contributed by atoms with van der Waals surface area (Å²) in [6.45, 7) is 3.96. The third-order valence-corrected chi connectivity index (χ3v) is 5.62. The molecule has 2 aromatic rings. The summed E-state index contributed by atoms with van der Waals surface area (Å²) in [5.41, 5.74) is 1.14. The molecule has 27 heavy (non-hydrogen) atoms. The molecule has 5 nitrogen and oxygen atoms in total. The van der Waals surface area contributed by atoms with Crippen LogP contribution in [0.1, 0.15) is 24.0 Å². The largest absolute Gasteiger partial charge is 0.365 e. The number of aryl methyl sites for hydroxylation is 1. The average Bonchev–Trinajstić information content (AvgIpc) is 3.30. The van der Waals surface area contributed by atoms with Gasteiger partial charge in [0, 0.05) is 44.5 Å². The predicted octanol–water partition coefficient (Wildman–Crippen LogP) is 2.97. The topological polar surface area (TPSA) is 52.6 Å². The van der Waals surface area contributed by atoms with Crippen molar-refractivity contribution in [1.82, 2.24) is 15.6 Å². The maximum atomic E-state index is 14.0. The summed E-state index contributed by atoms with van der Waals surface area (Å²) in [5.74, 6) is -0.345. The SMILES string of the molecule is CCc1nc(CCNC(=NC)NC2CCN(c3c(F)cccc3F)C2)cs1. The molecular formula is C19H25F2N5S. The zero-order valence-corrected chi connectivity index (χ0v) is 16.5. The van der Waals surface area contributed by atoms with E-state index >= 15 is 0 Å². The minimum absolute atomic E-state index is 0.0556. The van der Waals surface area contributed by atoms with E-state index in [-0.39, 0.29) is 11.7 Å². The summed E-state index contributed by atoms with van der Waals surface area (Å²) in [4.78, 5) is 10.5. The number of para-hydroxylation sites is 1. The Labute approximate surface area is 162 Å². The Bertz CT molecular complexity index is 772. The van der Waals surface area contributed by atoms with Crippen LogP contribution in [-0.2, 0) is 12.8 Å². The minimum atomic E-state index is -0.520. The number of hydrogen-bond donors (Lipinski definition) is 2. The lowest BCUT2D eigenvalue weighted by molar-refractivity contribution is 0.576. The van der Waals surface area contributed by atoms with Gasteiger partial charge in [-0.15, -0.1) is 11.3 Å². The molecule has 0 radical (unpaired) electrons. The normalized spacial score (nSPS) is 17.4. The van der Waals surface area contributed by atoms with E-state index < -0.39 is 11.6 Å². The molecule has 0 spiro atoms. The van der Waals surface area contributed by atoms with Crippen molar-refractivity contribution in [3.63, 3.8) is 0 Å². The number of thiazole rings is 1. The number of hydrogen-bond acceptors (Lipinski definition) is 4. The summed E-state index contributed by atoms with van der Waals surface area (Å²) >= 11 is 1.69. The highest BCUT2D eigenvalue weighted by atomic mass is 32.1. The van der Waals surface area contributed by atoms with Crippen LogP contribution in [0, 0.1) is 11.6 Å². The zero-order valence-electron chi connectivity index (χ0n) is 15.6. The lowest BCUT2D eigenvalue weighted by Crippen LogP contribution is -2.45. The Balaban J connectivity index is 1.49. The van der Waals surface area contributed by atoms with Gasteiger partial charge in [-0.05, 0) is 25.0 Å². The van der Waals surface area contributed by atoms with Gasteiger partial charge >= 0.3 is 0 Å². The molecule has 3 rings (SSSR count). The van der Waals surface area contributed by atoms with Gasteiger partial charge in [-0.2, -0.15) is 0 Å². The molecule has 1 aliphatic heterocycles. The molecule has 1 atom stereocenters. The van der Waals surface area contributed by atoms with Gasteiger partial charge in [-0.25, -0.2) is 13.8 Å². The van der Waals surface area contributed by atoms with Gasteiger partial charge in [0.25, 0.3) is 0 Å². The maximum absolute atomic E-state index is 14.0. The summed E-state index contributed by atoms with van der Waals surface area (Å²) in [7, 11) is 1.72. The van der Waals surface area contributed by atoms with E-state index in [1.807, 2.05) is 0 Å². The molecule has 0 aliphatic carbocycles. The molecule has 1 saturated heterocycles. The first kappa shape index (κ1) is 19.5. The van der Waals surface area contributed by atoms with Crippen molar-refractivity contribution in [2.24, 2.45) is 4.99 Å². The first-order valence-electron chi connectivity index (χ1n) is 9.20. The molecule has 2 heterocycles. The highest BCUT2D eigenvalue weighted by Gasteiger charge is 2.27. The monoisotopic (exact) mass is 393 g/mol. The second-order valence-corrected chi connectivity index (χ2v) is 7.42. The molecule has 0 bridgehead atoms. The van der Waals surface area contributed by atoms with E-state index in [1.54, 1.807) is 23.3 Å². The molecule has 146 valence electrons. The molecular weight excluding hydrogens is 368 g/mol. The first-order chi connectivity index (χ1) is 13.1. The fraction of sp³-hybridized carbons (Fsp3) is 0.474. The quantitative estimate of drug-likeness (QED) is 0.585. The Kier molecular flexibility index (Phi) is 6.60. The van der Waals surface area contributed by atoms with Crippen LogP contribution >= 0.6 is 11.3 Å². The fourth-order valence-electron chi connectivity index (χ4n) is 3.20. The summed E-state index contributed by atoms with van der Waals surface area (Å²) in [6.07, 6.45) is 2.58. The third kappa shape index (κ3) is 4.94. The van der Waals surface area contributed by atoms with Gasteiger partial charge in [0.2, 0.25) is 0 Å². The second-order valence-electron chi connectivity index (χ2n) is 6.48. The predicted molar refractivity (Wildman–Crippen MR) is 107 cm³/mol. The molecule has 2 N–H and O–H groups in total. The van der Waals surface area contributed by atoms with Crippen molar-refractivity contribution < 1.29 is 8.78 Å². The van der Waals surface area contributed by atoms with E-state index in [9.17, 15) is 8.78 Å². The van der Waals surface area contributed by atoms with Crippen molar-refractivity contribution >= 4 is 23.0 Å². The standard InChI is InChI=1S/C19H25F2N5S/c1-3-17-24-14(12-27-17)7-9-23-19(22-2)25-13-8-10-26(11-13)18-15(20)5-4-6-16(18)21/h4-6,12-13H,3,7-11H2,1-2H3,(H2,22,23,25). The Hall–Kier alpha value is -2.22. The van der Waals surface area contributed by atoms with Crippen molar-refractivity contribution in [2.45, 2.75) is 32.2 Å². The molecule has 1 aromatic carbocycles. The molecule has 1 unspecified atom stereocenters. The van der Waals surface area contributed by atoms with Crippen LogP contribution < -0.4 is 15.5 Å². The number of benzene rings is 1. The molecule has 8 heteroatoms. The van der Waals surface area contributed by atoms with Crippen LogP contribution in [0.15, 0.2) is 28.6 Å². The number of halogens is 2. The third-order valence-electron chi connectivity index (χ3n) is 4.58. The van der Waals surface area contributed by atoms with Crippen LogP contribution in [0.4, 0.5) is 14.5 Å². The number of anilines is 1. The smallest absolute Gasteiger partial charge is 0.191 e.